The second-order valence-corrected chi connectivity index (χ2v) is 2.55. The van der Waals surface area contributed by atoms with Crippen molar-refractivity contribution in [2.75, 3.05) is 0 Å². The van der Waals surface area contributed by atoms with Crippen molar-refractivity contribution in [1.29, 1.82) is 0 Å². The van der Waals surface area contributed by atoms with Crippen LogP contribution in [0, 0.1) is 12.3 Å². The Morgan fingerprint density at radius 1 is 1.23 bits per heavy atom. The van der Waals surface area contributed by atoms with Crippen molar-refractivity contribution in [1.82, 2.24) is 0 Å². The van der Waals surface area contributed by atoms with Crippen molar-refractivity contribution < 1.29 is 8.78 Å². The maximum atomic E-state index is 12.1. The van der Waals surface area contributed by atoms with Gasteiger partial charge in [0.1, 0.15) is 0 Å². The number of rotatable bonds is 2. The van der Waals surface area contributed by atoms with Gasteiger partial charge in [-0.2, -0.15) is 8.78 Å². The third kappa shape index (κ3) is 2.72. The average molecular weight is 178 g/mol. The van der Waals surface area contributed by atoms with Crippen LogP contribution in [-0.2, 0) is 6.42 Å². The molecule has 0 heterocycles. The van der Waals surface area contributed by atoms with Crippen LogP contribution >= 0.6 is 0 Å². The Hall–Kier alpha value is -1.62. The SMILES string of the molecule is C#CC(Cc1ccccc1)=C(F)F. The van der Waals surface area contributed by atoms with E-state index in [0.29, 0.717) is 0 Å². The molecule has 0 N–H and O–H groups in total. The first kappa shape index (κ1) is 9.47. The van der Waals surface area contributed by atoms with Crippen LogP contribution in [0.4, 0.5) is 8.78 Å². The van der Waals surface area contributed by atoms with Gasteiger partial charge in [0.2, 0.25) is 0 Å². The molecule has 0 atom stereocenters. The zero-order chi connectivity index (χ0) is 9.68. The minimum Gasteiger partial charge on any atom is -0.172 e. The van der Waals surface area contributed by atoms with E-state index in [4.69, 9.17) is 6.42 Å². The summed E-state index contributed by atoms with van der Waals surface area (Å²) >= 11 is 0. The highest BCUT2D eigenvalue weighted by Crippen LogP contribution is 2.13. The Kier molecular flexibility index (Phi) is 3.22. The molecule has 13 heavy (non-hydrogen) atoms. The first-order chi connectivity index (χ1) is 6.24. The summed E-state index contributed by atoms with van der Waals surface area (Å²) < 4.78 is 24.2. The molecule has 1 aromatic rings. The largest absolute Gasteiger partial charge is 0.282 e. The van der Waals surface area contributed by atoms with E-state index in [2.05, 4.69) is 0 Å². The molecule has 0 aliphatic rings. The van der Waals surface area contributed by atoms with Gasteiger partial charge >= 0.3 is 0 Å². The lowest BCUT2D eigenvalue weighted by Crippen LogP contribution is -1.88. The van der Waals surface area contributed by atoms with Crippen molar-refractivity contribution in [2.45, 2.75) is 6.42 Å². The van der Waals surface area contributed by atoms with Crippen LogP contribution in [0.2, 0.25) is 0 Å². The maximum Gasteiger partial charge on any atom is 0.282 e. The summed E-state index contributed by atoms with van der Waals surface area (Å²) in [5, 5.41) is 0. The topological polar surface area (TPSA) is 0 Å². The van der Waals surface area contributed by atoms with E-state index in [-0.39, 0.29) is 12.0 Å². The summed E-state index contributed by atoms with van der Waals surface area (Å²) in [4.78, 5) is 0. The molecule has 0 amide bonds. The third-order valence-corrected chi connectivity index (χ3v) is 1.63. The van der Waals surface area contributed by atoms with E-state index >= 15 is 0 Å². The molecule has 0 aromatic heterocycles. The highest BCUT2D eigenvalue weighted by Gasteiger charge is 2.03. The third-order valence-electron chi connectivity index (χ3n) is 1.63. The van der Waals surface area contributed by atoms with Crippen molar-refractivity contribution in [3.63, 3.8) is 0 Å². The van der Waals surface area contributed by atoms with E-state index < -0.39 is 6.08 Å². The quantitative estimate of drug-likeness (QED) is 0.610. The molecule has 0 saturated heterocycles. The molecule has 2 heteroatoms. The van der Waals surface area contributed by atoms with E-state index in [1.54, 1.807) is 24.3 Å². The highest BCUT2D eigenvalue weighted by atomic mass is 19.3. The summed E-state index contributed by atoms with van der Waals surface area (Å²) in [7, 11) is 0. The predicted octanol–water partition coefficient (Wildman–Crippen LogP) is 3.01. The molecule has 0 radical (unpaired) electrons. The molecule has 0 aliphatic carbocycles. The molecule has 66 valence electrons. The fourth-order valence-corrected chi connectivity index (χ4v) is 0.972. The minimum atomic E-state index is -1.77. The van der Waals surface area contributed by atoms with Crippen LogP contribution in [0.25, 0.3) is 0 Å². The summed E-state index contributed by atoms with van der Waals surface area (Å²) in [5.41, 5.74) is 0.550. The first-order valence-electron chi connectivity index (χ1n) is 3.78. The summed E-state index contributed by atoms with van der Waals surface area (Å²) in [6.45, 7) is 0. The molecule has 0 saturated carbocycles. The van der Waals surface area contributed by atoms with Gasteiger partial charge in [-0.25, -0.2) is 0 Å². The number of terminal acetylenes is 1. The normalized spacial score (nSPS) is 9.00. The highest BCUT2D eigenvalue weighted by molar-refractivity contribution is 5.32. The van der Waals surface area contributed by atoms with Crippen molar-refractivity contribution in [3.05, 3.63) is 47.5 Å². The lowest BCUT2D eigenvalue weighted by Gasteiger charge is -1.98. The standard InChI is InChI=1S/C11H8F2/c1-2-10(11(12)13)8-9-6-4-3-5-7-9/h1,3-7H,8H2. The van der Waals surface area contributed by atoms with Gasteiger partial charge in [-0.15, -0.1) is 6.42 Å². The molecule has 0 bridgehead atoms. The Labute approximate surface area is 75.9 Å². The van der Waals surface area contributed by atoms with Gasteiger partial charge < -0.3 is 0 Å². The Morgan fingerprint density at radius 2 is 1.85 bits per heavy atom. The fourth-order valence-electron chi connectivity index (χ4n) is 0.972. The Bertz CT molecular complexity index is 340. The number of hydrogen-bond donors (Lipinski definition) is 0. The van der Waals surface area contributed by atoms with Crippen molar-refractivity contribution in [2.24, 2.45) is 0 Å². The number of halogens is 2. The Morgan fingerprint density at radius 3 is 2.31 bits per heavy atom. The van der Waals surface area contributed by atoms with Gasteiger partial charge in [0.05, 0.1) is 5.57 Å². The smallest absolute Gasteiger partial charge is 0.172 e. The number of allylic oxidation sites excluding steroid dienone is 1. The second kappa shape index (κ2) is 4.42. The van der Waals surface area contributed by atoms with Crippen LogP contribution in [0.1, 0.15) is 5.56 Å². The molecule has 0 fully saturated rings. The molecule has 1 rings (SSSR count). The van der Waals surface area contributed by atoms with E-state index in [9.17, 15) is 8.78 Å². The van der Waals surface area contributed by atoms with Gasteiger partial charge in [0.25, 0.3) is 6.08 Å². The lowest BCUT2D eigenvalue weighted by atomic mass is 10.1. The monoisotopic (exact) mass is 178 g/mol. The minimum absolute atomic E-state index is 0.125. The lowest BCUT2D eigenvalue weighted by molar-refractivity contribution is 0.413. The van der Waals surface area contributed by atoms with Crippen LogP contribution in [0.15, 0.2) is 42.0 Å². The van der Waals surface area contributed by atoms with Crippen LogP contribution in [-0.4, -0.2) is 0 Å². The van der Waals surface area contributed by atoms with Crippen LogP contribution < -0.4 is 0 Å². The van der Waals surface area contributed by atoms with E-state index in [1.807, 2.05) is 12.0 Å². The van der Waals surface area contributed by atoms with Crippen LogP contribution in [0.5, 0.6) is 0 Å². The van der Waals surface area contributed by atoms with Gasteiger partial charge in [0, 0.05) is 6.42 Å². The molecular weight excluding hydrogens is 170 g/mol. The molecule has 0 unspecified atom stereocenters. The molecule has 0 aliphatic heterocycles. The van der Waals surface area contributed by atoms with Gasteiger partial charge in [-0.1, -0.05) is 36.3 Å². The predicted molar refractivity (Wildman–Crippen MR) is 48.2 cm³/mol. The van der Waals surface area contributed by atoms with Gasteiger partial charge in [0.15, 0.2) is 0 Å². The maximum absolute atomic E-state index is 12.1. The molecule has 1 aromatic carbocycles. The van der Waals surface area contributed by atoms with Gasteiger partial charge in [-0.3, -0.25) is 0 Å². The fraction of sp³-hybridized carbons (Fsp3) is 0.0909. The van der Waals surface area contributed by atoms with E-state index in [0.717, 1.165) is 5.56 Å². The van der Waals surface area contributed by atoms with Crippen LogP contribution in [0.3, 0.4) is 0 Å². The number of benzene rings is 1. The van der Waals surface area contributed by atoms with E-state index in [1.165, 1.54) is 0 Å². The summed E-state index contributed by atoms with van der Waals surface area (Å²) in [6.07, 6.45) is 3.29. The Balaban J connectivity index is 2.82. The molecule has 0 nitrogen and oxygen atoms in total. The number of hydrogen-bond acceptors (Lipinski definition) is 0. The zero-order valence-corrected chi connectivity index (χ0v) is 6.93. The van der Waals surface area contributed by atoms with Crippen molar-refractivity contribution in [3.8, 4) is 12.3 Å². The van der Waals surface area contributed by atoms with Crippen molar-refractivity contribution >= 4 is 0 Å². The summed E-state index contributed by atoms with van der Waals surface area (Å²) in [5.74, 6) is 1.98. The molecular formula is C11H8F2. The average Bonchev–Trinajstić information content (AvgIpc) is 2.15. The zero-order valence-electron chi connectivity index (χ0n) is 6.93. The molecule has 0 spiro atoms. The first-order valence-corrected chi connectivity index (χ1v) is 3.78. The van der Waals surface area contributed by atoms with Gasteiger partial charge in [-0.05, 0) is 5.56 Å². The second-order valence-electron chi connectivity index (χ2n) is 2.55. The summed E-state index contributed by atoms with van der Waals surface area (Å²) in [6, 6.07) is 8.94.